The standard InChI is InChI=1S/C17H24N2O2/c1-2-21-17(20)19-12-14-8-9-16(19)15(10-14)18-11-13-6-4-3-5-7-13/h3-7,14-16,18H,2,8-12H2,1H3/t14-,15+,16+/m1/s1. The van der Waals surface area contributed by atoms with Crippen molar-refractivity contribution >= 4 is 6.09 Å². The quantitative estimate of drug-likeness (QED) is 0.926. The van der Waals surface area contributed by atoms with E-state index in [1.165, 1.54) is 18.4 Å². The monoisotopic (exact) mass is 288 g/mol. The van der Waals surface area contributed by atoms with E-state index < -0.39 is 0 Å². The van der Waals surface area contributed by atoms with Crippen molar-refractivity contribution in [1.29, 1.82) is 0 Å². The molecular weight excluding hydrogens is 264 g/mol. The number of nitrogens with one attached hydrogen (secondary N) is 1. The molecule has 2 heterocycles. The molecule has 1 aliphatic carbocycles. The molecule has 114 valence electrons. The van der Waals surface area contributed by atoms with Gasteiger partial charge in [0.05, 0.1) is 12.6 Å². The number of amides is 1. The van der Waals surface area contributed by atoms with Gasteiger partial charge in [0.25, 0.3) is 0 Å². The number of benzene rings is 1. The molecule has 3 aliphatic rings. The van der Waals surface area contributed by atoms with Crippen LogP contribution >= 0.6 is 0 Å². The Kier molecular flexibility index (Phi) is 4.44. The minimum atomic E-state index is -0.140. The molecule has 1 aromatic rings. The van der Waals surface area contributed by atoms with Crippen molar-refractivity contribution in [2.75, 3.05) is 13.2 Å². The minimum absolute atomic E-state index is 0.140. The van der Waals surface area contributed by atoms with Crippen LogP contribution in [-0.4, -0.2) is 36.2 Å². The lowest BCUT2D eigenvalue weighted by Gasteiger charge is -2.49. The van der Waals surface area contributed by atoms with Gasteiger partial charge in [-0.3, -0.25) is 0 Å². The molecule has 0 aromatic heterocycles. The average molecular weight is 288 g/mol. The first-order chi connectivity index (χ1) is 10.3. The Bertz CT molecular complexity index is 477. The number of hydrogen-bond acceptors (Lipinski definition) is 3. The second kappa shape index (κ2) is 6.48. The minimum Gasteiger partial charge on any atom is -0.450 e. The van der Waals surface area contributed by atoms with Crippen LogP contribution in [0.25, 0.3) is 0 Å². The van der Waals surface area contributed by atoms with Crippen molar-refractivity contribution in [3.8, 4) is 0 Å². The predicted molar refractivity (Wildman–Crippen MR) is 81.9 cm³/mol. The summed E-state index contributed by atoms with van der Waals surface area (Å²) in [4.78, 5) is 14.0. The van der Waals surface area contributed by atoms with Crippen LogP contribution in [0.15, 0.2) is 30.3 Å². The Morgan fingerprint density at radius 2 is 2.14 bits per heavy atom. The number of nitrogens with zero attached hydrogens (tertiary/aromatic N) is 1. The van der Waals surface area contributed by atoms with Crippen LogP contribution in [0.5, 0.6) is 0 Å². The largest absolute Gasteiger partial charge is 0.450 e. The van der Waals surface area contributed by atoms with Crippen molar-refractivity contribution in [3.63, 3.8) is 0 Å². The molecule has 1 N–H and O–H groups in total. The summed E-state index contributed by atoms with van der Waals surface area (Å²) in [6.07, 6.45) is 3.37. The van der Waals surface area contributed by atoms with Gasteiger partial charge < -0.3 is 15.0 Å². The molecule has 4 rings (SSSR count). The molecule has 1 amide bonds. The first-order valence-corrected chi connectivity index (χ1v) is 7.98. The van der Waals surface area contributed by atoms with Crippen molar-refractivity contribution in [3.05, 3.63) is 35.9 Å². The molecule has 0 unspecified atom stereocenters. The van der Waals surface area contributed by atoms with Gasteiger partial charge in [-0.25, -0.2) is 4.79 Å². The van der Waals surface area contributed by atoms with E-state index in [1.54, 1.807) is 0 Å². The average Bonchev–Trinajstić information content (AvgIpc) is 2.54. The summed E-state index contributed by atoms with van der Waals surface area (Å²) in [6.45, 7) is 4.05. The highest BCUT2D eigenvalue weighted by Crippen LogP contribution is 2.35. The molecule has 0 spiro atoms. The van der Waals surface area contributed by atoms with Crippen molar-refractivity contribution in [2.24, 2.45) is 5.92 Å². The van der Waals surface area contributed by atoms with Crippen LogP contribution in [-0.2, 0) is 11.3 Å². The third-order valence-electron chi connectivity index (χ3n) is 4.69. The van der Waals surface area contributed by atoms with Crippen molar-refractivity contribution in [2.45, 2.75) is 44.8 Å². The highest BCUT2D eigenvalue weighted by Gasteiger charge is 2.43. The van der Waals surface area contributed by atoms with Crippen LogP contribution in [0.1, 0.15) is 31.7 Å². The van der Waals surface area contributed by atoms with Gasteiger partial charge in [0, 0.05) is 19.1 Å². The van der Waals surface area contributed by atoms with Crippen LogP contribution in [0.4, 0.5) is 4.79 Å². The Hall–Kier alpha value is -1.55. The Balaban J connectivity index is 1.62. The number of carbonyl (C=O) groups excluding carboxylic acids is 1. The molecule has 2 aliphatic heterocycles. The van der Waals surface area contributed by atoms with E-state index in [4.69, 9.17) is 4.74 Å². The van der Waals surface area contributed by atoms with Gasteiger partial charge in [0.15, 0.2) is 0 Å². The van der Waals surface area contributed by atoms with E-state index in [0.29, 0.717) is 18.6 Å². The van der Waals surface area contributed by atoms with Gasteiger partial charge >= 0.3 is 6.09 Å². The predicted octanol–water partition coefficient (Wildman–Crippen LogP) is 2.79. The number of carbonyl (C=O) groups is 1. The number of hydrogen-bond donors (Lipinski definition) is 1. The van der Waals surface area contributed by atoms with E-state index in [2.05, 4.69) is 29.6 Å². The van der Waals surface area contributed by atoms with E-state index in [0.717, 1.165) is 19.5 Å². The van der Waals surface area contributed by atoms with E-state index in [-0.39, 0.29) is 12.1 Å². The fourth-order valence-corrected chi connectivity index (χ4v) is 3.67. The maximum atomic E-state index is 12.1. The van der Waals surface area contributed by atoms with Crippen LogP contribution < -0.4 is 5.32 Å². The zero-order valence-electron chi connectivity index (χ0n) is 12.6. The maximum absolute atomic E-state index is 12.1. The number of rotatable bonds is 4. The van der Waals surface area contributed by atoms with Gasteiger partial charge in [0.2, 0.25) is 0 Å². The molecular formula is C17H24N2O2. The van der Waals surface area contributed by atoms with Crippen LogP contribution in [0.3, 0.4) is 0 Å². The van der Waals surface area contributed by atoms with E-state index in [9.17, 15) is 4.79 Å². The normalized spacial score (nSPS) is 27.7. The Labute approximate surface area is 126 Å². The SMILES string of the molecule is CCOC(=O)N1C[C@@H]2CC[C@H]1[C@@H](NCc1ccccc1)C2. The summed E-state index contributed by atoms with van der Waals surface area (Å²) in [5, 5.41) is 3.65. The summed E-state index contributed by atoms with van der Waals surface area (Å²) in [7, 11) is 0. The fourth-order valence-electron chi connectivity index (χ4n) is 3.67. The number of ether oxygens (including phenoxy) is 1. The second-order valence-corrected chi connectivity index (χ2v) is 6.07. The highest BCUT2D eigenvalue weighted by atomic mass is 16.6. The summed E-state index contributed by atoms with van der Waals surface area (Å²) in [6, 6.07) is 11.1. The molecule has 0 radical (unpaired) electrons. The molecule has 1 saturated carbocycles. The van der Waals surface area contributed by atoms with Gasteiger partial charge in [-0.2, -0.15) is 0 Å². The molecule has 2 bridgehead atoms. The first kappa shape index (κ1) is 14.4. The topological polar surface area (TPSA) is 41.6 Å². The second-order valence-electron chi connectivity index (χ2n) is 6.07. The maximum Gasteiger partial charge on any atom is 0.410 e. The third-order valence-corrected chi connectivity index (χ3v) is 4.69. The van der Waals surface area contributed by atoms with Crippen LogP contribution in [0, 0.1) is 5.92 Å². The molecule has 4 heteroatoms. The van der Waals surface area contributed by atoms with E-state index in [1.807, 2.05) is 17.9 Å². The molecule has 1 aromatic carbocycles. The third kappa shape index (κ3) is 3.21. The summed E-state index contributed by atoms with van der Waals surface area (Å²) >= 11 is 0. The van der Waals surface area contributed by atoms with Gasteiger partial charge in [-0.05, 0) is 37.7 Å². The molecule has 21 heavy (non-hydrogen) atoms. The van der Waals surface area contributed by atoms with Gasteiger partial charge in [-0.1, -0.05) is 30.3 Å². The fraction of sp³-hybridized carbons (Fsp3) is 0.588. The molecule has 3 fully saturated rings. The first-order valence-electron chi connectivity index (χ1n) is 7.98. The number of fused-ring (bicyclic) bond motifs is 3. The Morgan fingerprint density at radius 3 is 2.86 bits per heavy atom. The molecule has 4 nitrogen and oxygen atoms in total. The zero-order valence-corrected chi connectivity index (χ0v) is 12.6. The zero-order chi connectivity index (χ0) is 14.7. The van der Waals surface area contributed by atoms with E-state index >= 15 is 0 Å². The molecule has 3 atom stereocenters. The van der Waals surface area contributed by atoms with Crippen molar-refractivity contribution in [1.82, 2.24) is 10.2 Å². The van der Waals surface area contributed by atoms with Crippen molar-refractivity contribution < 1.29 is 9.53 Å². The lowest BCUT2D eigenvalue weighted by molar-refractivity contribution is 0.0122. The lowest BCUT2D eigenvalue weighted by atomic mass is 9.76. The smallest absolute Gasteiger partial charge is 0.410 e. The van der Waals surface area contributed by atoms with Gasteiger partial charge in [0.1, 0.15) is 0 Å². The number of piperidine rings is 2. The van der Waals surface area contributed by atoms with Gasteiger partial charge in [-0.15, -0.1) is 0 Å². The summed E-state index contributed by atoms with van der Waals surface area (Å²) in [5.74, 6) is 0.618. The Morgan fingerprint density at radius 1 is 1.33 bits per heavy atom. The summed E-state index contributed by atoms with van der Waals surface area (Å²) in [5.41, 5.74) is 1.29. The lowest BCUT2D eigenvalue weighted by Crippen LogP contribution is -2.61. The molecule has 2 saturated heterocycles. The highest BCUT2D eigenvalue weighted by molar-refractivity contribution is 5.68. The van der Waals surface area contributed by atoms with Crippen LogP contribution in [0.2, 0.25) is 0 Å². The summed E-state index contributed by atoms with van der Waals surface area (Å²) < 4.78 is 5.20.